The van der Waals surface area contributed by atoms with Crippen LogP contribution in [0.1, 0.15) is 36.9 Å². The fourth-order valence-corrected chi connectivity index (χ4v) is 2.25. The summed E-state index contributed by atoms with van der Waals surface area (Å²) in [5.74, 6) is 1.83. The lowest BCUT2D eigenvalue weighted by molar-refractivity contribution is 0.433. The largest absolute Gasteiger partial charge is 0.507 e. The van der Waals surface area contributed by atoms with Gasteiger partial charge in [-0.25, -0.2) is 9.78 Å². The minimum absolute atomic E-state index is 0.0102. The van der Waals surface area contributed by atoms with Crippen LogP contribution in [-0.4, -0.2) is 26.5 Å². The minimum Gasteiger partial charge on any atom is -0.507 e. The Hall–Kier alpha value is -3.22. The molecule has 0 atom stereocenters. The van der Waals surface area contributed by atoms with E-state index < -0.39 is 5.63 Å². The molecule has 3 aromatic rings. The zero-order chi connectivity index (χ0) is 18.0. The molecule has 0 spiro atoms. The molecule has 0 radical (unpaired) electrons. The number of aromatic nitrogens is 3. The topological polar surface area (TPSA) is 104 Å². The molecule has 7 nitrogen and oxygen atoms in total. The van der Waals surface area contributed by atoms with E-state index in [9.17, 15) is 9.90 Å². The summed E-state index contributed by atoms with van der Waals surface area (Å²) in [6.07, 6.45) is 1.29. The molecule has 0 saturated heterocycles. The first-order chi connectivity index (χ1) is 11.9. The molecule has 7 heteroatoms. The Bertz CT molecular complexity index is 986. The predicted octanol–water partition coefficient (Wildman–Crippen LogP) is 3.31. The number of rotatable bonds is 4. The summed E-state index contributed by atoms with van der Waals surface area (Å²) in [6.45, 7) is 5.66. The van der Waals surface area contributed by atoms with Crippen LogP contribution in [0.4, 0.5) is 5.69 Å². The molecule has 3 rings (SSSR count). The number of benzene rings is 1. The normalized spacial score (nSPS) is 11.5. The average molecular weight is 338 g/mol. The van der Waals surface area contributed by atoms with Gasteiger partial charge in [-0.2, -0.15) is 5.10 Å². The fraction of sp³-hybridized carbons (Fsp3) is 0.222. The van der Waals surface area contributed by atoms with E-state index in [1.807, 2.05) is 26.0 Å². The van der Waals surface area contributed by atoms with E-state index in [0.717, 1.165) is 11.4 Å². The monoisotopic (exact) mass is 338 g/mol. The maximum absolute atomic E-state index is 11.8. The summed E-state index contributed by atoms with van der Waals surface area (Å²) < 4.78 is 4.96. The Balaban J connectivity index is 1.91. The Morgan fingerprint density at radius 3 is 2.80 bits per heavy atom. The van der Waals surface area contributed by atoms with Crippen molar-refractivity contribution in [3.63, 3.8) is 0 Å². The number of hydrogen-bond acceptors (Lipinski definition) is 6. The first-order valence-corrected chi connectivity index (χ1v) is 7.84. The van der Waals surface area contributed by atoms with Crippen LogP contribution < -0.4 is 5.63 Å². The van der Waals surface area contributed by atoms with Gasteiger partial charge in [0.2, 0.25) is 0 Å². The highest BCUT2D eigenvalue weighted by Gasteiger charge is 2.10. The molecule has 2 aromatic heterocycles. The highest BCUT2D eigenvalue weighted by molar-refractivity contribution is 5.84. The van der Waals surface area contributed by atoms with Gasteiger partial charge >= 0.3 is 5.63 Å². The van der Waals surface area contributed by atoms with E-state index in [1.54, 1.807) is 19.1 Å². The molecule has 0 aliphatic rings. The lowest BCUT2D eigenvalue weighted by Crippen LogP contribution is -2.07. The van der Waals surface area contributed by atoms with Crippen molar-refractivity contribution in [3.8, 4) is 17.1 Å². The molecule has 0 aliphatic heterocycles. The highest BCUT2D eigenvalue weighted by Crippen LogP contribution is 2.23. The maximum atomic E-state index is 11.8. The predicted molar refractivity (Wildman–Crippen MR) is 94.5 cm³/mol. The molecular weight excluding hydrogens is 320 g/mol. The van der Waals surface area contributed by atoms with Gasteiger partial charge in [-0.1, -0.05) is 26.0 Å². The number of aryl methyl sites for hydroxylation is 1. The molecule has 25 heavy (non-hydrogen) atoms. The van der Waals surface area contributed by atoms with Gasteiger partial charge < -0.3 is 9.52 Å². The van der Waals surface area contributed by atoms with Crippen LogP contribution in [0, 0.1) is 6.92 Å². The highest BCUT2D eigenvalue weighted by atomic mass is 16.4. The second-order valence-electron chi connectivity index (χ2n) is 5.95. The summed E-state index contributed by atoms with van der Waals surface area (Å²) >= 11 is 0. The van der Waals surface area contributed by atoms with Crippen LogP contribution in [0.2, 0.25) is 0 Å². The van der Waals surface area contributed by atoms with Crippen LogP contribution in [0.25, 0.3) is 11.4 Å². The third-order valence-electron chi connectivity index (χ3n) is 3.59. The van der Waals surface area contributed by atoms with Gasteiger partial charge in [-0.15, -0.1) is 0 Å². The summed E-state index contributed by atoms with van der Waals surface area (Å²) in [6, 6.07) is 8.66. The Morgan fingerprint density at radius 2 is 2.12 bits per heavy atom. The van der Waals surface area contributed by atoms with Crippen LogP contribution in [0.5, 0.6) is 5.75 Å². The number of nitrogens with zero attached hydrogens (tertiary/aromatic N) is 3. The standard InChI is InChI=1S/C18H18N4O3/c1-10(2)16-20-17(22-21-16)12-5-4-6-13(8-12)19-9-14-15(23)7-11(3)25-18(14)24/h4-10,23H,1-3H3,(H,20,21,22). The molecule has 128 valence electrons. The van der Waals surface area contributed by atoms with Gasteiger partial charge in [0.1, 0.15) is 22.9 Å². The lowest BCUT2D eigenvalue weighted by Gasteiger charge is -2.00. The second kappa shape index (κ2) is 6.72. The number of H-pyrrole nitrogens is 1. The van der Waals surface area contributed by atoms with Gasteiger partial charge in [-0.3, -0.25) is 10.1 Å². The Labute approximate surface area is 144 Å². The zero-order valence-electron chi connectivity index (χ0n) is 14.1. The van der Waals surface area contributed by atoms with Gasteiger partial charge in [-0.05, 0) is 19.1 Å². The van der Waals surface area contributed by atoms with Crippen molar-refractivity contribution < 1.29 is 9.52 Å². The molecule has 1 aromatic carbocycles. The molecule has 0 saturated carbocycles. The average Bonchev–Trinajstić information content (AvgIpc) is 3.04. The smallest absolute Gasteiger partial charge is 0.348 e. The van der Waals surface area contributed by atoms with Gasteiger partial charge in [0.15, 0.2) is 5.82 Å². The van der Waals surface area contributed by atoms with Crippen molar-refractivity contribution in [1.82, 2.24) is 15.2 Å². The third kappa shape index (κ3) is 3.65. The van der Waals surface area contributed by atoms with E-state index in [1.165, 1.54) is 12.3 Å². The quantitative estimate of drug-likeness (QED) is 0.710. The van der Waals surface area contributed by atoms with E-state index in [-0.39, 0.29) is 17.2 Å². The number of aromatic hydroxyl groups is 1. The van der Waals surface area contributed by atoms with Crippen LogP contribution in [0.3, 0.4) is 0 Å². The number of nitrogens with one attached hydrogen (secondary N) is 1. The lowest BCUT2D eigenvalue weighted by atomic mass is 10.2. The molecule has 0 bridgehead atoms. The van der Waals surface area contributed by atoms with Gasteiger partial charge in [0, 0.05) is 23.8 Å². The van der Waals surface area contributed by atoms with Gasteiger partial charge in [0.25, 0.3) is 0 Å². The third-order valence-corrected chi connectivity index (χ3v) is 3.59. The van der Waals surface area contributed by atoms with Crippen molar-refractivity contribution in [2.75, 3.05) is 0 Å². The SMILES string of the molecule is Cc1cc(O)c(C=Nc2cccc(-c3n[nH]c(C(C)C)n3)c2)c(=O)o1. The summed E-state index contributed by atoms with van der Waals surface area (Å²) in [5.41, 5.74) is 0.787. The van der Waals surface area contributed by atoms with Crippen LogP contribution >= 0.6 is 0 Å². The van der Waals surface area contributed by atoms with Crippen molar-refractivity contribution in [3.05, 3.63) is 57.9 Å². The minimum atomic E-state index is -0.632. The molecule has 0 fully saturated rings. The van der Waals surface area contributed by atoms with Gasteiger partial charge in [0.05, 0.1) is 5.69 Å². The molecule has 2 N–H and O–H groups in total. The number of aliphatic imine (C=N–C) groups is 1. The van der Waals surface area contributed by atoms with Crippen molar-refractivity contribution in [2.24, 2.45) is 4.99 Å². The van der Waals surface area contributed by atoms with Crippen LogP contribution in [-0.2, 0) is 0 Å². The molecule has 2 heterocycles. The Morgan fingerprint density at radius 1 is 1.32 bits per heavy atom. The van der Waals surface area contributed by atoms with Crippen LogP contribution in [0.15, 0.2) is 44.5 Å². The molecule has 0 aliphatic carbocycles. The Kier molecular flexibility index (Phi) is 4.47. The summed E-state index contributed by atoms with van der Waals surface area (Å²) in [4.78, 5) is 20.5. The van der Waals surface area contributed by atoms with E-state index in [2.05, 4.69) is 20.2 Å². The second-order valence-corrected chi connectivity index (χ2v) is 5.95. The van der Waals surface area contributed by atoms with E-state index in [4.69, 9.17) is 4.42 Å². The summed E-state index contributed by atoms with van der Waals surface area (Å²) in [7, 11) is 0. The van der Waals surface area contributed by atoms with Crippen molar-refractivity contribution in [1.29, 1.82) is 0 Å². The van der Waals surface area contributed by atoms with E-state index >= 15 is 0 Å². The molecule has 0 unspecified atom stereocenters. The van der Waals surface area contributed by atoms with Crippen molar-refractivity contribution >= 4 is 11.9 Å². The first-order valence-electron chi connectivity index (χ1n) is 7.84. The molecular formula is C18H18N4O3. The van der Waals surface area contributed by atoms with E-state index in [0.29, 0.717) is 17.3 Å². The summed E-state index contributed by atoms with van der Waals surface area (Å²) in [5, 5.41) is 17.0. The zero-order valence-corrected chi connectivity index (χ0v) is 14.1. The first kappa shape index (κ1) is 16.6. The van der Waals surface area contributed by atoms with Crippen molar-refractivity contribution in [2.45, 2.75) is 26.7 Å². The number of aromatic amines is 1. The maximum Gasteiger partial charge on any atom is 0.348 e. The fourth-order valence-electron chi connectivity index (χ4n) is 2.25. The number of hydrogen-bond donors (Lipinski definition) is 2. The molecule has 0 amide bonds.